The molecule has 5 nitrogen and oxygen atoms in total. The van der Waals surface area contributed by atoms with Crippen LogP contribution >= 0.6 is 0 Å². The molecule has 1 amide bonds. The molecule has 2 saturated carbocycles. The average molecular weight is 462 g/mol. The minimum atomic E-state index is -1.41. The fourth-order valence-corrected chi connectivity index (χ4v) is 8.36. The highest BCUT2D eigenvalue weighted by Gasteiger charge is 2.64. The van der Waals surface area contributed by atoms with E-state index in [0.29, 0.717) is 11.8 Å². The van der Waals surface area contributed by atoms with Gasteiger partial charge in [-0.25, -0.2) is 0 Å². The Hall–Kier alpha value is -2.40. The molecule has 10 atom stereocenters. The van der Waals surface area contributed by atoms with Crippen LogP contribution in [0.5, 0.6) is 5.75 Å². The highest BCUT2D eigenvalue weighted by Crippen LogP contribution is 2.64. The molecule has 3 aliphatic carbocycles. The van der Waals surface area contributed by atoms with Gasteiger partial charge in [0, 0.05) is 36.5 Å². The molecule has 3 fully saturated rings. The van der Waals surface area contributed by atoms with E-state index >= 15 is 0 Å². The highest BCUT2D eigenvalue weighted by molar-refractivity contribution is 6.04. The summed E-state index contributed by atoms with van der Waals surface area (Å²) in [5.74, 6) is 0.187. The van der Waals surface area contributed by atoms with Gasteiger partial charge in [-0.15, -0.1) is 6.58 Å². The van der Waals surface area contributed by atoms with Gasteiger partial charge in [0.05, 0.1) is 0 Å². The van der Waals surface area contributed by atoms with Gasteiger partial charge in [-0.05, 0) is 47.8 Å². The maximum atomic E-state index is 14.2. The van der Waals surface area contributed by atoms with E-state index in [2.05, 4.69) is 37.9 Å². The van der Waals surface area contributed by atoms with Crippen LogP contribution in [0, 0.1) is 46.8 Å². The van der Waals surface area contributed by atoms with Gasteiger partial charge in [-0.2, -0.15) is 0 Å². The van der Waals surface area contributed by atoms with Gasteiger partial charge in [0.25, 0.3) is 0 Å². The Labute approximate surface area is 201 Å². The summed E-state index contributed by atoms with van der Waals surface area (Å²) >= 11 is 0. The van der Waals surface area contributed by atoms with Crippen molar-refractivity contribution in [1.29, 1.82) is 0 Å². The molecule has 180 valence electrons. The summed E-state index contributed by atoms with van der Waals surface area (Å²) in [5.41, 5.74) is -0.457. The quantitative estimate of drug-likeness (QED) is 0.489. The lowest BCUT2D eigenvalue weighted by molar-refractivity contribution is -0.137. The van der Waals surface area contributed by atoms with Gasteiger partial charge >= 0.3 is 0 Å². The zero-order valence-electron chi connectivity index (χ0n) is 20.1. The zero-order chi connectivity index (χ0) is 23.8. The third-order valence-corrected chi connectivity index (χ3v) is 9.78. The van der Waals surface area contributed by atoms with Gasteiger partial charge in [0.2, 0.25) is 5.91 Å². The van der Waals surface area contributed by atoms with Gasteiger partial charge < -0.3 is 15.2 Å². The zero-order valence-corrected chi connectivity index (χ0v) is 20.1. The van der Waals surface area contributed by atoms with Crippen molar-refractivity contribution in [3.8, 4) is 5.75 Å². The maximum Gasteiger partial charge on any atom is 0.232 e. The molecule has 0 spiro atoms. The molecule has 0 unspecified atom stereocenters. The lowest BCUT2D eigenvalue weighted by Crippen LogP contribution is -2.45. The first-order valence-electron chi connectivity index (χ1n) is 12.9. The number of ether oxygens (including phenoxy) is 1. The second-order valence-corrected chi connectivity index (χ2v) is 11.9. The second kappa shape index (κ2) is 7.55. The van der Waals surface area contributed by atoms with Gasteiger partial charge in [-0.1, -0.05) is 50.6 Å². The number of benzene rings is 1. The van der Waals surface area contributed by atoms with E-state index in [4.69, 9.17) is 4.74 Å². The number of carbonyl (C=O) groups is 2. The van der Waals surface area contributed by atoms with E-state index in [9.17, 15) is 14.7 Å². The Balaban J connectivity index is 1.52. The number of ketones is 1. The summed E-state index contributed by atoms with van der Waals surface area (Å²) in [6.45, 7) is 8.78. The molecule has 1 aromatic rings. The minimum absolute atomic E-state index is 0.0253. The van der Waals surface area contributed by atoms with E-state index in [1.165, 1.54) is 6.42 Å². The molecule has 6 aliphatic rings. The Morgan fingerprint density at radius 1 is 1.15 bits per heavy atom. The molecular weight excluding hydrogens is 426 g/mol. The second-order valence-electron chi connectivity index (χ2n) is 11.9. The Bertz CT molecular complexity index is 1060. The molecule has 0 radical (unpaired) electrons. The molecular formula is C29H35NO4. The van der Waals surface area contributed by atoms with E-state index in [1.54, 1.807) is 0 Å². The molecule has 7 rings (SSSR count). The van der Waals surface area contributed by atoms with Gasteiger partial charge in [0.1, 0.15) is 29.3 Å². The summed E-state index contributed by atoms with van der Waals surface area (Å²) in [7, 11) is 0. The molecule has 3 aliphatic heterocycles. The lowest BCUT2D eigenvalue weighted by Gasteiger charge is -2.44. The first kappa shape index (κ1) is 22.1. The van der Waals surface area contributed by atoms with Crippen LogP contribution in [0.1, 0.15) is 45.1 Å². The topological polar surface area (TPSA) is 75.6 Å². The standard InChI is InChI=1S/C29H35NO4/c1-4-18-8-12-21-24-23(18)25(31)20-15-29(33,30-27(20)32)14-17-6-9-19(10-7-17)34-26(24)22-11-5-16(2)13-28(21,22)3/h4,6-10,12,16,18,20-24,26,33H,1,5,11,13-15H2,2-3H3,(H,30,32)/t16-,18+,20+,21-,22+,23+,24+,26+,28+,29-/m1/s1. The maximum absolute atomic E-state index is 14.2. The fraction of sp³-hybridized carbons (Fsp3) is 0.586. The van der Waals surface area contributed by atoms with Crippen molar-refractivity contribution in [3.63, 3.8) is 0 Å². The van der Waals surface area contributed by atoms with Crippen LogP contribution in [0.3, 0.4) is 0 Å². The Morgan fingerprint density at radius 3 is 2.65 bits per heavy atom. The van der Waals surface area contributed by atoms with Crippen molar-refractivity contribution < 1.29 is 19.4 Å². The molecule has 1 saturated heterocycles. The normalized spacial score (nSPS) is 46.9. The molecule has 0 aromatic heterocycles. The molecule has 1 aromatic carbocycles. The summed E-state index contributed by atoms with van der Waals surface area (Å²) in [6, 6.07) is 7.88. The van der Waals surface area contributed by atoms with Crippen LogP contribution in [0.15, 0.2) is 49.1 Å². The first-order chi connectivity index (χ1) is 16.2. The predicted molar refractivity (Wildman–Crippen MR) is 129 cm³/mol. The number of hydrogen-bond donors (Lipinski definition) is 2. The van der Waals surface area contributed by atoms with Gasteiger partial charge in [-0.3, -0.25) is 9.59 Å². The van der Waals surface area contributed by atoms with E-state index in [1.807, 2.05) is 30.3 Å². The molecule has 2 N–H and O–H groups in total. The van der Waals surface area contributed by atoms with Crippen molar-refractivity contribution in [2.24, 2.45) is 46.8 Å². The number of aliphatic hydroxyl groups is 1. The van der Waals surface area contributed by atoms with Crippen molar-refractivity contribution in [1.82, 2.24) is 5.32 Å². The largest absolute Gasteiger partial charge is 0.490 e. The predicted octanol–water partition coefficient (Wildman–Crippen LogP) is 4.06. The number of carbonyl (C=O) groups excluding carboxylic acids is 2. The summed E-state index contributed by atoms with van der Waals surface area (Å²) in [6.07, 6.45) is 9.97. The highest BCUT2D eigenvalue weighted by atomic mass is 16.5. The van der Waals surface area contributed by atoms with Crippen LogP contribution in [0.25, 0.3) is 0 Å². The molecule has 4 bridgehead atoms. The minimum Gasteiger partial charge on any atom is -0.490 e. The first-order valence-corrected chi connectivity index (χ1v) is 12.9. The van der Waals surface area contributed by atoms with Crippen LogP contribution in [0.2, 0.25) is 0 Å². The van der Waals surface area contributed by atoms with Crippen LogP contribution in [-0.2, 0) is 16.0 Å². The monoisotopic (exact) mass is 461 g/mol. The van der Waals surface area contributed by atoms with Crippen LogP contribution < -0.4 is 10.1 Å². The van der Waals surface area contributed by atoms with Crippen LogP contribution in [-0.4, -0.2) is 28.6 Å². The van der Waals surface area contributed by atoms with Crippen molar-refractivity contribution in [2.45, 2.75) is 57.8 Å². The SMILES string of the molecule is C=C[C@H]1C=C[C@@H]2[C@@H]3[C@@H](Oc4ccc(cc4)C[C@@]4(O)C[C@H](C(=O)N4)C(=O)[C@@H]13)[C@@H]1CC[C@@H](C)C[C@@]21C. The number of hydrogen-bond acceptors (Lipinski definition) is 4. The number of allylic oxidation sites excluding steroid dienone is 3. The van der Waals surface area contributed by atoms with E-state index < -0.39 is 11.6 Å². The van der Waals surface area contributed by atoms with E-state index in [-0.39, 0.29) is 59.7 Å². The smallest absolute Gasteiger partial charge is 0.232 e. The summed E-state index contributed by atoms with van der Waals surface area (Å²) < 4.78 is 6.80. The molecule has 34 heavy (non-hydrogen) atoms. The molecule has 3 heterocycles. The van der Waals surface area contributed by atoms with Gasteiger partial charge in [0.15, 0.2) is 0 Å². The Kier molecular flexibility index (Phi) is 4.90. The Morgan fingerprint density at radius 2 is 1.91 bits per heavy atom. The van der Waals surface area contributed by atoms with Crippen molar-refractivity contribution in [2.75, 3.05) is 0 Å². The number of nitrogens with one attached hydrogen (secondary N) is 1. The van der Waals surface area contributed by atoms with E-state index in [0.717, 1.165) is 24.2 Å². The number of amides is 1. The fourth-order valence-electron chi connectivity index (χ4n) is 8.36. The number of fused-ring (bicyclic) bond motifs is 4. The van der Waals surface area contributed by atoms with Crippen molar-refractivity contribution >= 4 is 11.7 Å². The summed E-state index contributed by atoms with van der Waals surface area (Å²) in [4.78, 5) is 27.2. The third-order valence-electron chi connectivity index (χ3n) is 9.78. The third kappa shape index (κ3) is 3.16. The van der Waals surface area contributed by atoms with Crippen LogP contribution in [0.4, 0.5) is 0 Å². The number of rotatable bonds is 1. The number of Topliss-reactive ketones (excluding diaryl/α,β-unsaturated/α-hetero) is 1. The average Bonchev–Trinajstić information content (AvgIpc) is 3.23. The van der Waals surface area contributed by atoms with Crippen molar-refractivity contribution in [3.05, 3.63) is 54.6 Å². The molecule has 5 heteroatoms. The lowest BCUT2D eigenvalue weighted by atomic mass is 9.59. The summed E-state index contributed by atoms with van der Waals surface area (Å²) in [5, 5.41) is 14.0.